The zero-order valence-electron chi connectivity index (χ0n) is 13.5. The van der Waals surface area contributed by atoms with E-state index in [1.807, 2.05) is 24.3 Å². The van der Waals surface area contributed by atoms with Crippen molar-refractivity contribution in [3.63, 3.8) is 0 Å². The van der Waals surface area contributed by atoms with Gasteiger partial charge in [0.1, 0.15) is 0 Å². The maximum absolute atomic E-state index is 12.4. The number of amides is 1. The highest BCUT2D eigenvalue weighted by Crippen LogP contribution is 2.29. The van der Waals surface area contributed by atoms with Crippen LogP contribution in [0.25, 0.3) is 0 Å². The van der Waals surface area contributed by atoms with Crippen LogP contribution >= 0.6 is 0 Å². The van der Waals surface area contributed by atoms with Crippen molar-refractivity contribution in [1.29, 1.82) is 0 Å². The number of benzene rings is 1. The number of rotatable bonds is 5. The predicted octanol–water partition coefficient (Wildman–Crippen LogP) is 4.06. The van der Waals surface area contributed by atoms with E-state index in [-0.39, 0.29) is 5.91 Å². The third-order valence-corrected chi connectivity index (χ3v) is 4.75. The van der Waals surface area contributed by atoms with Gasteiger partial charge in [0, 0.05) is 23.8 Å². The lowest BCUT2D eigenvalue weighted by Gasteiger charge is -2.34. The summed E-state index contributed by atoms with van der Waals surface area (Å²) in [6.07, 6.45) is 4.70. The molecule has 1 aromatic carbocycles. The molecule has 1 aliphatic rings. The molecular formula is C18H28N2O. The molecule has 1 amide bonds. The van der Waals surface area contributed by atoms with Crippen LogP contribution in [0.15, 0.2) is 24.3 Å². The highest BCUT2D eigenvalue weighted by molar-refractivity contribution is 5.94. The minimum atomic E-state index is 0.0583. The summed E-state index contributed by atoms with van der Waals surface area (Å²) in [4.78, 5) is 12.4. The minimum Gasteiger partial charge on any atom is -0.385 e. The van der Waals surface area contributed by atoms with E-state index >= 15 is 0 Å². The quantitative estimate of drug-likeness (QED) is 0.857. The monoisotopic (exact) mass is 288 g/mol. The lowest BCUT2D eigenvalue weighted by Crippen LogP contribution is -2.43. The predicted molar refractivity (Wildman–Crippen MR) is 88.7 cm³/mol. The zero-order chi connectivity index (χ0) is 15.2. The van der Waals surface area contributed by atoms with Crippen LogP contribution in [0.4, 0.5) is 5.69 Å². The molecule has 2 rings (SSSR count). The van der Waals surface area contributed by atoms with Crippen molar-refractivity contribution < 1.29 is 4.79 Å². The number of carbonyl (C=O) groups excluding carboxylic acids is 1. The van der Waals surface area contributed by atoms with Crippen molar-refractivity contribution in [3.05, 3.63) is 29.8 Å². The Labute approximate surface area is 128 Å². The molecule has 0 bridgehead atoms. The van der Waals surface area contributed by atoms with Crippen LogP contribution < -0.4 is 10.6 Å². The van der Waals surface area contributed by atoms with Crippen LogP contribution in [0.1, 0.15) is 56.8 Å². The van der Waals surface area contributed by atoms with Gasteiger partial charge in [-0.25, -0.2) is 0 Å². The van der Waals surface area contributed by atoms with E-state index in [0.717, 1.165) is 30.6 Å². The molecule has 3 heteroatoms. The van der Waals surface area contributed by atoms with Crippen LogP contribution in [0.5, 0.6) is 0 Å². The molecule has 1 saturated carbocycles. The van der Waals surface area contributed by atoms with Crippen LogP contribution in [-0.2, 0) is 0 Å². The molecule has 3 unspecified atom stereocenters. The van der Waals surface area contributed by atoms with Gasteiger partial charge in [0.25, 0.3) is 5.91 Å². The first-order valence-corrected chi connectivity index (χ1v) is 8.26. The van der Waals surface area contributed by atoms with E-state index in [1.165, 1.54) is 12.8 Å². The Morgan fingerprint density at radius 2 is 1.90 bits per heavy atom. The fourth-order valence-electron chi connectivity index (χ4n) is 3.05. The molecule has 116 valence electrons. The number of anilines is 1. The Morgan fingerprint density at radius 3 is 2.57 bits per heavy atom. The van der Waals surface area contributed by atoms with Crippen molar-refractivity contribution in [2.24, 2.45) is 11.8 Å². The lowest BCUT2D eigenvalue weighted by atomic mass is 9.78. The molecule has 0 aliphatic heterocycles. The van der Waals surface area contributed by atoms with Gasteiger partial charge in [0.15, 0.2) is 0 Å². The summed E-state index contributed by atoms with van der Waals surface area (Å²) < 4.78 is 0. The summed E-state index contributed by atoms with van der Waals surface area (Å²) >= 11 is 0. The van der Waals surface area contributed by atoms with Gasteiger partial charge >= 0.3 is 0 Å². The maximum Gasteiger partial charge on any atom is 0.251 e. The fraction of sp³-hybridized carbons (Fsp3) is 0.611. The molecular weight excluding hydrogens is 260 g/mol. The standard InChI is InChI=1S/C18H28N2O/c1-4-12-19-16-10-8-15(9-11-16)18(21)20-17-7-5-6-13(2)14(17)3/h8-11,13-14,17,19H,4-7,12H2,1-3H3,(H,20,21). The number of hydrogen-bond acceptors (Lipinski definition) is 2. The summed E-state index contributed by atoms with van der Waals surface area (Å²) in [7, 11) is 0. The second-order valence-electron chi connectivity index (χ2n) is 6.35. The molecule has 3 atom stereocenters. The van der Waals surface area contributed by atoms with Gasteiger partial charge in [-0.05, 0) is 48.9 Å². The van der Waals surface area contributed by atoms with Gasteiger partial charge in [-0.3, -0.25) is 4.79 Å². The molecule has 0 spiro atoms. The van der Waals surface area contributed by atoms with Gasteiger partial charge < -0.3 is 10.6 Å². The van der Waals surface area contributed by atoms with Crippen LogP contribution in [0.2, 0.25) is 0 Å². The Bertz CT molecular complexity index is 455. The minimum absolute atomic E-state index is 0.0583. The van der Waals surface area contributed by atoms with Gasteiger partial charge in [-0.2, -0.15) is 0 Å². The van der Waals surface area contributed by atoms with Gasteiger partial charge in [0.2, 0.25) is 0 Å². The molecule has 2 N–H and O–H groups in total. The summed E-state index contributed by atoms with van der Waals surface area (Å²) in [6, 6.07) is 8.10. The maximum atomic E-state index is 12.4. The average molecular weight is 288 g/mol. The Balaban J connectivity index is 1.93. The highest BCUT2D eigenvalue weighted by atomic mass is 16.1. The van der Waals surface area contributed by atoms with Gasteiger partial charge in [0.05, 0.1) is 0 Å². The molecule has 0 heterocycles. The van der Waals surface area contributed by atoms with Crippen LogP contribution in [-0.4, -0.2) is 18.5 Å². The van der Waals surface area contributed by atoms with Crippen molar-refractivity contribution >= 4 is 11.6 Å². The first-order chi connectivity index (χ1) is 10.1. The van der Waals surface area contributed by atoms with E-state index in [1.54, 1.807) is 0 Å². The van der Waals surface area contributed by atoms with E-state index in [4.69, 9.17) is 0 Å². The first kappa shape index (κ1) is 15.9. The van der Waals surface area contributed by atoms with E-state index in [2.05, 4.69) is 31.4 Å². The Hall–Kier alpha value is -1.51. The molecule has 21 heavy (non-hydrogen) atoms. The second-order valence-corrected chi connectivity index (χ2v) is 6.35. The Kier molecular flexibility index (Phi) is 5.66. The largest absolute Gasteiger partial charge is 0.385 e. The zero-order valence-corrected chi connectivity index (χ0v) is 13.5. The summed E-state index contributed by atoms with van der Waals surface area (Å²) in [5.74, 6) is 1.32. The first-order valence-electron chi connectivity index (χ1n) is 8.26. The third-order valence-electron chi connectivity index (χ3n) is 4.75. The molecule has 0 saturated heterocycles. The summed E-state index contributed by atoms with van der Waals surface area (Å²) in [5.41, 5.74) is 1.83. The fourth-order valence-corrected chi connectivity index (χ4v) is 3.05. The van der Waals surface area contributed by atoms with E-state index < -0.39 is 0 Å². The molecule has 1 aliphatic carbocycles. The van der Waals surface area contributed by atoms with Gasteiger partial charge in [-0.15, -0.1) is 0 Å². The smallest absolute Gasteiger partial charge is 0.251 e. The summed E-state index contributed by atoms with van der Waals surface area (Å²) in [5, 5.41) is 6.54. The molecule has 1 fully saturated rings. The second kappa shape index (κ2) is 7.48. The number of hydrogen-bond donors (Lipinski definition) is 2. The van der Waals surface area contributed by atoms with Crippen LogP contribution in [0.3, 0.4) is 0 Å². The van der Waals surface area contributed by atoms with Crippen molar-refractivity contribution in [2.75, 3.05) is 11.9 Å². The molecule has 1 aromatic rings. The third kappa shape index (κ3) is 4.23. The van der Waals surface area contributed by atoms with Gasteiger partial charge in [-0.1, -0.05) is 33.6 Å². The molecule has 3 nitrogen and oxygen atoms in total. The SMILES string of the molecule is CCCNc1ccc(C(=O)NC2CCCC(C)C2C)cc1. The van der Waals surface area contributed by atoms with E-state index in [9.17, 15) is 4.79 Å². The lowest BCUT2D eigenvalue weighted by molar-refractivity contribution is 0.0891. The Morgan fingerprint density at radius 1 is 1.19 bits per heavy atom. The van der Waals surface area contributed by atoms with Crippen molar-refractivity contribution in [1.82, 2.24) is 5.32 Å². The van der Waals surface area contributed by atoms with E-state index in [0.29, 0.717) is 17.9 Å². The molecule has 0 aromatic heterocycles. The highest BCUT2D eigenvalue weighted by Gasteiger charge is 2.28. The van der Waals surface area contributed by atoms with Crippen molar-refractivity contribution in [2.45, 2.75) is 52.5 Å². The average Bonchev–Trinajstić information content (AvgIpc) is 2.50. The topological polar surface area (TPSA) is 41.1 Å². The summed E-state index contributed by atoms with van der Waals surface area (Å²) in [6.45, 7) is 7.65. The van der Waals surface area contributed by atoms with Crippen molar-refractivity contribution in [3.8, 4) is 0 Å². The number of carbonyl (C=O) groups is 1. The molecule has 0 radical (unpaired) electrons. The number of nitrogens with one attached hydrogen (secondary N) is 2. The normalized spacial score (nSPS) is 25.4. The van der Waals surface area contributed by atoms with Crippen LogP contribution in [0, 0.1) is 11.8 Å².